The molecule has 160 valence electrons. The van der Waals surface area contributed by atoms with Crippen LogP contribution in [0.3, 0.4) is 0 Å². The van der Waals surface area contributed by atoms with Gasteiger partial charge in [-0.1, -0.05) is 36.6 Å². The van der Waals surface area contributed by atoms with Crippen molar-refractivity contribution in [3.8, 4) is 0 Å². The monoisotopic (exact) mass is 448 g/mol. The van der Waals surface area contributed by atoms with Crippen LogP contribution in [0.15, 0.2) is 41.3 Å². The molecule has 0 spiro atoms. The van der Waals surface area contributed by atoms with Gasteiger partial charge in [-0.15, -0.1) is 0 Å². The number of carbonyl (C=O) groups excluding carboxylic acids is 2. The van der Waals surface area contributed by atoms with Gasteiger partial charge in [0.15, 0.2) is 14.6 Å². The van der Waals surface area contributed by atoms with E-state index in [-0.39, 0.29) is 28.7 Å². The summed E-state index contributed by atoms with van der Waals surface area (Å²) in [6, 6.07) is 9.91. The number of amides is 2. The maximum absolute atomic E-state index is 13.7. The fourth-order valence-electron chi connectivity index (χ4n) is 3.90. The highest BCUT2D eigenvalue weighted by Crippen LogP contribution is 2.42. The first kappa shape index (κ1) is 22.3. The van der Waals surface area contributed by atoms with E-state index in [0.717, 1.165) is 5.56 Å². The summed E-state index contributed by atoms with van der Waals surface area (Å²) in [4.78, 5) is 24.8. The zero-order valence-electron chi connectivity index (χ0n) is 17.2. The Labute approximate surface area is 181 Å². The zero-order valence-corrected chi connectivity index (χ0v) is 18.8. The number of rotatable bonds is 5. The van der Waals surface area contributed by atoms with Crippen LogP contribution in [0.5, 0.6) is 0 Å². The van der Waals surface area contributed by atoms with Gasteiger partial charge in [0.1, 0.15) is 0 Å². The van der Waals surface area contributed by atoms with Crippen molar-refractivity contribution in [3.63, 3.8) is 0 Å². The number of sulfone groups is 1. The van der Waals surface area contributed by atoms with Crippen LogP contribution in [-0.2, 0) is 19.4 Å². The first-order valence-corrected chi connectivity index (χ1v) is 11.6. The number of benzene rings is 2. The minimum atomic E-state index is -3.91. The second kappa shape index (κ2) is 8.40. The first-order chi connectivity index (χ1) is 14.1. The zero-order chi connectivity index (χ0) is 22.1. The summed E-state index contributed by atoms with van der Waals surface area (Å²) >= 11 is 6.19. The van der Waals surface area contributed by atoms with Crippen LogP contribution >= 0.6 is 11.6 Å². The molecule has 1 fully saturated rings. The second-order valence-electron chi connectivity index (χ2n) is 7.80. The molecule has 2 aromatic carbocycles. The lowest BCUT2D eigenvalue weighted by Gasteiger charge is -2.28. The molecule has 0 aromatic heterocycles. The lowest BCUT2D eigenvalue weighted by atomic mass is 10.1. The Morgan fingerprint density at radius 2 is 1.67 bits per heavy atom. The SMILES string of the molecule is CC(=O)Nc1ccc(NC(=O)C2(S(=O)(=O)c3cc(C)ccc3C)CCCC2)cc1Cl. The van der Waals surface area contributed by atoms with E-state index in [1.165, 1.54) is 13.0 Å². The van der Waals surface area contributed by atoms with Crippen molar-refractivity contribution < 1.29 is 18.0 Å². The molecule has 0 unspecified atom stereocenters. The highest BCUT2D eigenvalue weighted by atomic mass is 35.5. The topological polar surface area (TPSA) is 92.3 Å². The Morgan fingerprint density at radius 1 is 1.00 bits per heavy atom. The van der Waals surface area contributed by atoms with Crippen LogP contribution in [0, 0.1) is 13.8 Å². The number of anilines is 2. The Balaban J connectivity index is 1.96. The average molecular weight is 449 g/mol. The van der Waals surface area contributed by atoms with Gasteiger partial charge in [0.2, 0.25) is 11.8 Å². The van der Waals surface area contributed by atoms with Gasteiger partial charge < -0.3 is 10.6 Å². The smallest absolute Gasteiger partial charge is 0.246 e. The fraction of sp³-hybridized carbons (Fsp3) is 0.364. The summed E-state index contributed by atoms with van der Waals surface area (Å²) < 4.78 is 25.8. The van der Waals surface area contributed by atoms with Crippen molar-refractivity contribution in [2.24, 2.45) is 0 Å². The van der Waals surface area contributed by atoms with Crippen LogP contribution in [0.2, 0.25) is 5.02 Å². The summed E-state index contributed by atoms with van der Waals surface area (Å²) in [5, 5.41) is 5.59. The lowest BCUT2D eigenvalue weighted by Crippen LogP contribution is -2.47. The molecule has 1 aliphatic carbocycles. The van der Waals surface area contributed by atoms with E-state index in [4.69, 9.17) is 11.6 Å². The van der Waals surface area contributed by atoms with Crippen molar-refractivity contribution in [2.75, 3.05) is 10.6 Å². The van der Waals surface area contributed by atoms with E-state index < -0.39 is 20.5 Å². The first-order valence-electron chi connectivity index (χ1n) is 9.77. The third-order valence-electron chi connectivity index (χ3n) is 5.51. The van der Waals surface area contributed by atoms with Crippen LogP contribution in [0.25, 0.3) is 0 Å². The van der Waals surface area contributed by atoms with E-state index in [0.29, 0.717) is 29.8 Å². The van der Waals surface area contributed by atoms with Crippen LogP contribution < -0.4 is 10.6 Å². The average Bonchev–Trinajstić information content (AvgIpc) is 3.17. The van der Waals surface area contributed by atoms with Crippen molar-refractivity contribution in [1.82, 2.24) is 0 Å². The minimum Gasteiger partial charge on any atom is -0.325 e. The van der Waals surface area contributed by atoms with Gasteiger partial charge in [-0.2, -0.15) is 0 Å². The Bertz CT molecular complexity index is 1110. The second-order valence-corrected chi connectivity index (χ2v) is 10.4. The summed E-state index contributed by atoms with van der Waals surface area (Å²) in [6.07, 6.45) is 1.87. The maximum Gasteiger partial charge on any atom is 0.246 e. The molecule has 6 nitrogen and oxygen atoms in total. The summed E-state index contributed by atoms with van der Waals surface area (Å²) in [7, 11) is -3.91. The molecule has 1 saturated carbocycles. The van der Waals surface area contributed by atoms with Crippen molar-refractivity contribution in [2.45, 2.75) is 56.1 Å². The van der Waals surface area contributed by atoms with E-state index in [2.05, 4.69) is 10.6 Å². The number of aryl methyl sites for hydroxylation is 2. The summed E-state index contributed by atoms with van der Waals surface area (Å²) in [6.45, 7) is 4.94. The number of hydrogen-bond acceptors (Lipinski definition) is 4. The quantitative estimate of drug-likeness (QED) is 0.696. The predicted molar refractivity (Wildman–Crippen MR) is 119 cm³/mol. The Morgan fingerprint density at radius 3 is 2.27 bits per heavy atom. The Hall–Kier alpha value is -2.38. The molecular weight excluding hydrogens is 424 g/mol. The van der Waals surface area contributed by atoms with Crippen molar-refractivity contribution in [3.05, 3.63) is 52.5 Å². The molecule has 0 atom stereocenters. The molecular formula is C22H25ClN2O4S. The fourth-order valence-corrected chi connectivity index (χ4v) is 6.50. The molecule has 2 N–H and O–H groups in total. The number of carbonyl (C=O) groups is 2. The van der Waals surface area contributed by atoms with E-state index in [1.807, 2.05) is 13.0 Å². The van der Waals surface area contributed by atoms with E-state index in [1.54, 1.807) is 31.2 Å². The highest BCUT2D eigenvalue weighted by Gasteiger charge is 2.53. The van der Waals surface area contributed by atoms with Crippen LogP contribution in [0.1, 0.15) is 43.7 Å². The number of nitrogens with one attached hydrogen (secondary N) is 2. The van der Waals surface area contributed by atoms with Gasteiger partial charge in [-0.25, -0.2) is 8.42 Å². The van der Waals surface area contributed by atoms with Crippen molar-refractivity contribution >= 4 is 44.6 Å². The maximum atomic E-state index is 13.7. The lowest BCUT2D eigenvalue weighted by molar-refractivity contribution is -0.118. The number of halogens is 1. The summed E-state index contributed by atoms with van der Waals surface area (Å²) in [5.41, 5.74) is 2.25. The van der Waals surface area contributed by atoms with Gasteiger partial charge in [0, 0.05) is 12.6 Å². The minimum absolute atomic E-state index is 0.207. The highest BCUT2D eigenvalue weighted by molar-refractivity contribution is 7.93. The van der Waals surface area contributed by atoms with E-state index in [9.17, 15) is 18.0 Å². The molecule has 0 saturated heterocycles. The van der Waals surface area contributed by atoms with Crippen LogP contribution in [-0.4, -0.2) is 25.0 Å². The molecule has 0 bridgehead atoms. The molecule has 1 aliphatic rings. The molecule has 0 heterocycles. The van der Waals surface area contributed by atoms with Crippen molar-refractivity contribution in [1.29, 1.82) is 0 Å². The molecule has 3 rings (SSSR count). The third-order valence-corrected chi connectivity index (χ3v) is 8.46. The van der Waals surface area contributed by atoms with Gasteiger partial charge >= 0.3 is 0 Å². The molecule has 0 radical (unpaired) electrons. The third kappa shape index (κ3) is 4.09. The molecule has 0 aliphatic heterocycles. The Kier molecular flexibility index (Phi) is 6.24. The van der Waals surface area contributed by atoms with Gasteiger partial charge in [0.25, 0.3) is 0 Å². The van der Waals surface area contributed by atoms with Gasteiger partial charge in [-0.05, 0) is 62.1 Å². The molecule has 30 heavy (non-hydrogen) atoms. The standard InChI is InChI=1S/C22H25ClN2O4S/c1-14-6-7-15(2)20(12-14)30(28,29)22(10-4-5-11-22)21(27)25-17-8-9-19(18(23)13-17)24-16(3)26/h6-9,12-13H,4-5,10-11H2,1-3H3,(H,24,26)(H,25,27). The van der Waals surface area contributed by atoms with E-state index >= 15 is 0 Å². The van der Waals surface area contributed by atoms with Crippen LogP contribution in [0.4, 0.5) is 11.4 Å². The molecule has 2 aromatic rings. The van der Waals surface area contributed by atoms with Gasteiger partial charge in [-0.3, -0.25) is 9.59 Å². The van der Waals surface area contributed by atoms with Gasteiger partial charge in [0.05, 0.1) is 15.6 Å². The predicted octanol–water partition coefficient (Wildman–Crippen LogP) is 4.64. The molecule has 2 amide bonds. The normalized spacial score (nSPS) is 15.6. The molecule has 8 heteroatoms. The summed E-state index contributed by atoms with van der Waals surface area (Å²) in [5.74, 6) is -0.817. The largest absolute Gasteiger partial charge is 0.325 e. The number of hydrogen-bond donors (Lipinski definition) is 2.